The van der Waals surface area contributed by atoms with Gasteiger partial charge in [0.2, 0.25) is 0 Å². The highest BCUT2D eigenvalue weighted by atomic mass is 31.2. The topological polar surface area (TPSA) is 111 Å². The summed E-state index contributed by atoms with van der Waals surface area (Å²) in [4.78, 5) is 38.0. The Bertz CT molecular complexity index is 1460. The summed E-state index contributed by atoms with van der Waals surface area (Å²) in [5.74, 6) is -0.817. The summed E-state index contributed by atoms with van der Waals surface area (Å²) in [6.45, 7) is 4.19. The molecule has 458 valence electrons. The van der Waals surface area contributed by atoms with Gasteiger partial charge in [-0.3, -0.25) is 14.2 Å². The first-order valence-electron chi connectivity index (χ1n) is 33.3. The predicted molar refractivity (Wildman–Crippen MR) is 333 cm³/mol. The molecule has 0 saturated heterocycles. The van der Waals surface area contributed by atoms with Crippen LogP contribution >= 0.6 is 7.82 Å². The Kier molecular flexibility index (Phi) is 58.0. The summed E-state index contributed by atoms with van der Waals surface area (Å²) in [6.07, 6.45) is 76.1. The Morgan fingerprint density at radius 1 is 0.410 bits per heavy atom. The lowest BCUT2D eigenvalue weighted by molar-refractivity contribution is -0.870. The molecule has 0 radical (unpaired) electrons. The normalized spacial score (nSPS) is 13.5. The highest BCUT2D eigenvalue weighted by Gasteiger charge is 2.22. The molecule has 0 aromatic rings. The van der Waals surface area contributed by atoms with E-state index in [0.717, 1.165) is 64.2 Å². The molecule has 0 bridgehead atoms. The molecule has 0 aliphatic rings. The number of allylic oxidation sites excluding steroid dienone is 8. The lowest BCUT2D eigenvalue weighted by atomic mass is 10.0. The first kappa shape index (κ1) is 76.0. The molecule has 0 N–H and O–H groups in total. The monoisotopic (exact) mass is 1120 g/mol. The van der Waals surface area contributed by atoms with Gasteiger partial charge in [0.05, 0.1) is 27.7 Å². The van der Waals surface area contributed by atoms with Crippen molar-refractivity contribution in [1.29, 1.82) is 0 Å². The van der Waals surface area contributed by atoms with Crippen LogP contribution in [0.4, 0.5) is 0 Å². The largest absolute Gasteiger partial charge is 0.756 e. The van der Waals surface area contributed by atoms with Crippen molar-refractivity contribution in [2.75, 3.05) is 47.5 Å². The van der Waals surface area contributed by atoms with Gasteiger partial charge in [-0.25, -0.2) is 0 Å². The van der Waals surface area contributed by atoms with Crippen LogP contribution in [-0.4, -0.2) is 70.0 Å². The summed E-state index contributed by atoms with van der Waals surface area (Å²) in [6, 6.07) is 0. The van der Waals surface area contributed by atoms with Crippen molar-refractivity contribution < 1.29 is 42.1 Å². The first-order valence-corrected chi connectivity index (χ1v) is 34.8. The second-order valence-corrected chi connectivity index (χ2v) is 25.2. The van der Waals surface area contributed by atoms with Crippen LogP contribution in [-0.2, 0) is 32.7 Å². The van der Waals surface area contributed by atoms with Gasteiger partial charge in [-0.05, 0) is 51.4 Å². The van der Waals surface area contributed by atoms with Crippen LogP contribution in [0, 0.1) is 0 Å². The number of hydrogen-bond acceptors (Lipinski definition) is 8. The van der Waals surface area contributed by atoms with Crippen molar-refractivity contribution in [3.63, 3.8) is 0 Å². The van der Waals surface area contributed by atoms with Crippen LogP contribution in [0.5, 0.6) is 0 Å². The van der Waals surface area contributed by atoms with Crippen LogP contribution < -0.4 is 4.89 Å². The molecule has 2 atom stereocenters. The number of ether oxygens (including phenoxy) is 2. The van der Waals surface area contributed by atoms with E-state index in [2.05, 4.69) is 62.5 Å². The lowest BCUT2D eigenvalue weighted by Crippen LogP contribution is -2.37. The Morgan fingerprint density at radius 2 is 0.731 bits per heavy atom. The molecular formula is C68H128NO8P. The summed E-state index contributed by atoms with van der Waals surface area (Å²) >= 11 is 0. The van der Waals surface area contributed by atoms with E-state index in [-0.39, 0.29) is 32.0 Å². The smallest absolute Gasteiger partial charge is 0.306 e. The Hall–Kier alpha value is -2.03. The molecule has 0 aromatic carbocycles. The predicted octanol–water partition coefficient (Wildman–Crippen LogP) is 20.6. The van der Waals surface area contributed by atoms with Crippen molar-refractivity contribution in [3.05, 3.63) is 48.6 Å². The van der Waals surface area contributed by atoms with Crippen LogP contribution in [0.15, 0.2) is 48.6 Å². The zero-order valence-corrected chi connectivity index (χ0v) is 53.0. The molecule has 0 aromatic heterocycles. The van der Waals surface area contributed by atoms with Crippen molar-refractivity contribution in [2.24, 2.45) is 0 Å². The van der Waals surface area contributed by atoms with E-state index in [1.807, 2.05) is 21.1 Å². The number of phosphoric ester groups is 1. The Balaban J connectivity index is 4.04. The fourth-order valence-corrected chi connectivity index (χ4v) is 10.5. The van der Waals surface area contributed by atoms with E-state index in [0.29, 0.717) is 17.4 Å². The summed E-state index contributed by atoms with van der Waals surface area (Å²) in [5.41, 5.74) is 0. The number of hydrogen-bond donors (Lipinski definition) is 0. The molecule has 0 aliphatic heterocycles. The minimum absolute atomic E-state index is 0.0294. The Labute approximate surface area is 484 Å². The molecule has 0 saturated carbocycles. The van der Waals surface area contributed by atoms with Gasteiger partial charge in [-0.1, -0.05) is 306 Å². The van der Waals surface area contributed by atoms with E-state index in [4.69, 9.17) is 18.5 Å². The molecular weight excluding hydrogens is 990 g/mol. The minimum Gasteiger partial charge on any atom is -0.756 e. The van der Waals surface area contributed by atoms with Crippen LogP contribution in [0.1, 0.15) is 322 Å². The van der Waals surface area contributed by atoms with Crippen molar-refractivity contribution in [1.82, 2.24) is 0 Å². The number of unbranched alkanes of at least 4 members (excludes halogenated alkanes) is 40. The molecule has 78 heavy (non-hydrogen) atoms. The quantitative estimate of drug-likeness (QED) is 0.0195. The number of rotatable bonds is 62. The summed E-state index contributed by atoms with van der Waals surface area (Å²) in [7, 11) is 1.18. The fraction of sp³-hybridized carbons (Fsp3) is 0.853. The third-order valence-electron chi connectivity index (χ3n) is 14.9. The highest BCUT2D eigenvalue weighted by molar-refractivity contribution is 7.45. The zero-order valence-electron chi connectivity index (χ0n) is 52.1. The molecule has 2 unspecified atom stereocenters. The van der Waals surface area contributed by atoms with E-state index in [9.17, 15) is 19.0 Å². The maximum Gasteiger partial charge on any atom is 0.306 e. The van der Waals surface area contributed by atoms with Crippen LogP contribution in [0.3, 0.4) is 0 Å². The van der Waals surface area contributed by atoms with Gasteiger partial charge < -0.3 is 27.9 Å². The third-order valence-corrected chi connectivity index (χ3v) is 15.8. The second kappa shape index (κ2) is 59.6. The maximum atomic E-state index is 12.8. The van der Waals surface area contributed by atoms with Gasteiger partial charge in [-0.15, -0.1) is 0 Å². The van der Waals surface area contributed by atoms with Gasteiger partial charge in [-0.2, -0.15) is 0 Å². The zero-order chi connectivity index (χ0) is 57.0. The van der Waals surface area contributed by atoms with Crippen LogP contribution in [0.2, 0.25) is 0 Å². The number of carbonyl (C=O) groups is 2. The average Bonchev–Trinajstić information content (AvgIpc) is 3.41. The summed E-state index contributed by atoms with van der Waals surface area (Å²) < 4.78 is 34.3. The van der Waals surface area contributed by atoms with Crippen molar-refractivity contribution in [3.8, 4) is 0 Å². The SMILES string of the molecule is CC/C=C\C/C=C\C/C=C\C/C=C\CCCCCCCCCCCCCCCCC(=O)OC(COC(=O)CCCCCCCCCCCCCCCCCCCCCCCCCCCCC)COP(=O)([O-])OCC[N+](C)(C)C. The van der Waals surface area contributed by atoms with Crippen molar-refractivity contribution in [2.45, 2.75) is 328 Å². The molecule has 0 heterocycles. The van der Waals surface area contributed by atoms with Crippen molar-refractivity contribution >= 4 is 19.8 Å². The highest BCUT2D eigenvalue weighted by Crippen LogP contribution is 2.38. The molecule has 0 aliphatic carbocycles. The minimum atomic E-state index is -4.64. The van der Waals surface area contributed by atoms with Gasteiger partial charge in [0, 0.05) is 12.8 Å². The van der Waals surface area contributed by atoms with E-state index >= 15 is 0 Å². The van der Waals surface area contributed by atoms with E-state index in [1.54, 1.807) is 0 Å². The first-order chi connectivity index (χ1) is 38.0. The molecule has 0 spiro atoms. The van der Waals surface area contributed by atoms with Gasteiger partial charge >= 0.3 is 11.9 Å². The van der Waals surface area contributed by atoms with Gasteiger partial charge in [0.1, 0.15) is 19.8 Å². The molecule has 9 nitrogen and oxygen atoms in total. The molecule has 10 heteroatoms. The second-order valence-electron chi connectivity index (χ2n) is 23.8. The third kappa shape index (κ3) is 63.2. The van der Waals surface area contributed by atoms with Crippen LogP contribution in [0.25, 0.3) is 0 Å². The number of quaternary nitrogens is 1. The lowest BCUT2D eigenvalue weighted by Gasteiger charge is -2.28. The average molecular weight is 1120 g/mol. The fourth-order valence-electron chi connectivity index (χ4n) is 9.77. The van der Waals surface area contributed by atoms with E-state index in [1.165, 1.54) is 225 Å². The number of esters is 2. The molecule has 0 amide bonds. The number of likely N-dealkylation sites (N-methyl/N-ethyl adjacent to an activating group) is 1. The molecule has 0 fully saturated rings. The van der Waals surface area contributed by atoms with Gasteiger partial charge in [0.15, 0.2) is 6.10 Å². The van der Waals surface area contributed by atoms with Gasteiger partial charge in [0.25, 0.3) is 7.82 Å². The van der Waals surface area contributed by atoms with E-state index < -0.39 is 26.5 Å². The summed E-state index contributed by atoms with van der Waals surface area (Å²) in [5, 5.41) is 0. The maximum absolute atomic E-state index is 12.8. The standard InChI is InChI=1S/C68H128NO8P/c1-6-8-10-12-14-16-18-20-22-24-26-28-30-32-34-36-38-40-42-44-46-48-50-52-54-56-58-60-67(70)74-64-66(65-76-78(72,73)75-63-62-69(3,4)5)77-68(71)61-59-57-55-53-51-49-47-45-43-41-39-37-35-33-31-29-27-25-23-21-19-17-15-13-11-9-7-2/h9,11,15,17,21,23,27,29,66H,6-8,10,12-14,16,18-20,22,24-26,28,30-65H2,1-5H3/b11-9-,17-15-,23-21-,29-27-. The number of phosphoric acid groups is 1. The molecule has 0 rings (SSSR count). The number of carbonyl (C=O) groups excluding carboxylic acids is 2. The Morgan fingerprint density at radius 3 is 1.09 bits per heavy atom. The number of nitrogens with zero attached hydrogens (tertiary/aromatic N) is 1.